The summed E-state index contributed by atoms with van der Waals surface area (Å²) in [4.78, 5) is 2.37. The van der Waals surface area contributed by atoms with Crippen LogP contribution in [0.1, 0.15) is 29.2 Å². The number of rotatable bonds is 8. The van der Waals surface area contributed by atoms with E-state index < -0.39 is 13.0 Å². The van der Waals surface area contributed by atoms with Gasteiger partial charge in [-0.3, -0.25) is 0 Å². The van der Waals surface area contributed by atoms with Gasteiger partial charge in [-0.25, -0.2) is 8.78 Å². The number of ether oxygens (including phenoxy) is 1. The van der Waals surface area contributed by atoms with Gasteiger partial charge in [0.25, 0.3) is 6.43 Å². The van der Waals surface area contributed by atoms with Gasteiger partial charge in [0.05, 0.1) is 6.61 Å². The Labute approximate surface area is 111 Å². The third-order valence-corrected chi connectivity index (χ3v) is 3.52. The summed E-state index contributed by atoms with van der Waals surface area (Å²) in [6, 6.07) is 2.04. The second kappa shape index (κ2) is 7.81. The highest BCUT2D eigenvalue weighted by Crippen LogP contribution is 2.22. The van der Waals surface area contributed by atoms with Crippen molar-refractivity contribution in [2.75, 3.05) is 13.2 Å². The van der Waals surface area contributed by atoms with E-state index in [0.29, 0.717) is 5.92 Å². The topological polar surface area (TPSA) is 21.3 Å². The van der Waals surface area contributed by atoms with E-state index in [-0.39, 0.29) is 6.61 Å². The van der Waals surface area contributed by atoms with Crippen molar-refractivity contribution in [1.82, 2.24) is 5.32 Å². The third-order valence-electron chi connectivity index (χ3n) is 2.42. The average Bonchev–Trinajstić information content (AvgIpc) is 2.58. The van der Waals surface area contributed by atoms with Crippen LogP contribution in [0, 0.1) is 12.8 Å². The van der Waals surface area contributed by atoms with E-state index in [0.717, 1.165) is 23.5 Å². The Kier molecular flexibility index (Phi) is 6.75. The maximum absolute atomic E-state index is 12.0. The molecule has 0 aliphatic heterocycles. The Balaban J connectivity index is 2.38. The molecule has 0 saturated carbocycles. The van der Waals surface area contributed by atoms with Gasteiger partial charge in [0, 0.05) is 16.3 Å². The zero-order chi connectivity index (χ0) is 13.5. The number of aryl methyl sites for hydroxylation is 1. The number of nitrogens with one attached hydrogen (secondary N) is 1. The molecule has 1 heterocycles. The van der Waals surface area contributed by atoms with Crippen LogP contribution < -0.4 is 5.32 Å². The van der Waals surface area contributed by atoms with E-state index in [4.69, 9.17) is 4.74 Å². The van der Waals surface area contributed by atoms with Crippen LogP contribution in [0.25, 0.3) is 0 Å². The van der Waals surface area contributed by atoms with Crippen molar-refractivity contribution in [2.24, 2.45) is 5.92 Å². The number of thiophene rings is 1. The lowest BCUT2D eigenvalue weighted by Gasteiger charge is -2.05. The number of halogens is 2. The summed E-state index contributed by atoms with van der Waals surface area (Å²) in [6.07, 6.45) is -2.39. The monoisotopic (exact) mass is 277 g/mol. The normalized spacial score (nSPS) is 11.7. The van der Waals surface area contributed by atoms with Gasteiger partial charge in [-0.05, 0) is 31.0 Å². The molecule has 2 nitrogen and oxygen atoms in total. The van der Waals surface area contributed by atoms with E-state index in [2.05, 4.69) is 19.2 Å². The zero-order valence-corrected chi connectivity index (χ0v) is 11.9. The molecule has 0 radical (unpaired) electrons. The van der Waals surface area contributed by atoms with Gasteiger partial charge >= 0.3 is 0 Å². The molecule has 0 aromatic carbocycles. The minimum atomic E-state index is -2.39. The minimum Gasteiger partial charge on any atom is -0.371 e. The van der Waals surface area contributed by atoms with Crippen LogP contribution in [-0.4, -0.2) is 19.6 Å². The van der Waals surface area contributed by atoms with Crippen LogP contribution >= 0.6 is 11.3 Å². The van der Waals surface area contributed by atoms with E-state index in [1.807, 2.05) is 13.0 Å². The van der Waals surface area contributed by atoms with E-state index in [1.54, 1.807) is 11.3 Å². The van der Waals surface area contributed by atoms with Crippen LogP contribution in [0.5, 0.6) is 0 Å². The molecule has 104 valence electrons. The van der Waals surface area contributed by atoms with Crippen molar-refractivity contribution >= 4 is 11.3 Å². The van der Waals surface area contributed by atoms with Crippen LogP contribution in [0.3, 0.4) is 0 Å². The molecule has 0 saturated heterocycles. The highest BCUT2D eigenvalue weighted by molar-refractivity contribution is 7.12. The van der Waals surface area contributed by atoms with Crippen molar-refractivity contribution in [3.63, 3.8) is 0 Å². The number of alkyl halides is 2. The molecule has 0 fully saturated rings. The summed E-state index contributed by atoms with van der Waals surface area (Å²) >= 11 is 1.69. The molecular weight excluding hydrogens is 256 g/mol. The van der Waals surface area contributed by atoms with Crippen molar-refractivity contribution in [2.45, 2.75) is 40.3 Å². The number of hydrogen-bond donors (Lipinski definition) is 1. The molecule has 0 amide bonds. The van der Waals surface area contributed by atoms with Crippen molar-refractivity contribution in [3.05, 3.63) is 21.4 Å². The van der Waals surface area contributed by atoms with Gasteiger partial charge < -0.3 is 10.1 Å². The van der Waals surface area contributed by atoms with Gasteiger partial charge in [0.1, 0.15) is 6.61 Å². The highest BCUT2D eigenvalue weighted by Gasteiger charge is 2.08. The standard InChI is InChI=1S/C13H21F2NOS/c1-9(2)5-16-6-12-4-11(10(3)18-12)7-17-8-13(14)15/h4,9,13,16H,5-8H2,1-3H3. The van der Waals surface area contributed by atoms with Crippen LogP contribution in [0.4, 0.5) is 8.78 Å². The van der Waals surface area contributed by atoms with Crippen LogP contribution in [0.2, 0.25) is 0 Å². The summed E-state index contributed by atoms with van der Waals surface area (Å²) < 4.78 is 28.9. The van der Waals surface area contributed by atoms with Gasteiger partial charge in [-0.15, -0.1) is 11.3 Å². The second-order valence-electron chi connectivity index (χ2n) is 4.73. The smallest absolute Gasteiger partial charge is 0.261 e. The first kappa shape index (κ1) is 15.5. The third kappa shape index (κ3) is 5.89. The quantitative estimate of drug-likeness (QED) is 0.784. The average molecular weight is 277 g/mol. The molecule has 0 bridgehead atoms. The summed E-state index contributed by atoms with van der Waals surface area (Å²) in [6.45, 7) is 7.92. The first-order valence-electron chi connectivity index (χ1n) is 6.13. The maximum Gasteiger partial charge on any atom is 0.261 e. The predicted molar refractivity (Wildman–Crippen MR) is 71.3 cm³/mol. The lowest BCUT2D eigenvalue weighted by Crippen LogP contribution is -2.18. The van der Waals surface area contributed by atoms with Crippen LogP contribution in [0.15, 0.2) is 6.07 Å². The van der Waals surface area contributed by atoms with Gasteiger partial charge in [0.2, 0.25) is 0 Å². The fourth-order valence-corrected chi connectivity index (χ4v) is 2.58. The molecule has 0 atom stereocenters. The zero-order valence-electron chi connectivity index (χ0n) is 11.1. The molecule has 0 aliphatic carbocycles. The molecular formula is C13H21F2NOS. The summed E-state index contributed by atoms with van der Waals surface area (Å²) in [7, 11) is 0. The SMILES string of the molecule is Cc1sc(CNCC(C)C)cc1COCC(F)F. The molecule has 1 aromatic heterocycles. The summed E-state index contributed by atoms with van der Waals surface area (Å²) in [5, 5.41) is 3.37. The van der Waals surface area contributed by atoms with Crippen LogP contribution in [-0.2, 0) is 17.9 Å². The Morgan fingerprint density at radius 2 is 2.11 bits per heavy atom. The molecule has 1 aromatic rings. The molecule has 1 rings (SSSR count). The Morgan fingerprint density at radius 1 is 1.39 bits per heavy atom. The lowest BCUT2D eigenvalue weighted by atomic mass is 10.2. The molecule has 0 aliphatic rings. The highest BCUT2D eigenvalue weighted by atomic mass is 32.1. The maximum atomic E-state index is 12.0. The fourth-order valence-electron chi connectivity index (χ4n) is 1.56. The number of hydrogen-bond acceptors (Lipinski definition) is 3. The predicted octanol–water partition coefficient (Wildman–Crippen LogP) is 3.58. The van der Waals surface area contributed by atoms with Gasteiger partial charge in [-0.1, -0.05) is 13.8 Å². The molecule has 0 spiro atoms. The Hall–Kier alpha value is -0.520. The summed E-state index contributed by atoms with van der Waals surface area (Å²) in [5.41, 5.74) is 1.02. The fraction of sp³-hybridized carbons (Fsp3) is 0.692. The van der Waals surface area contributed by atoms with E-state index >= 15 is 0 Å². The van der Waals surface area contributed by atoms with E-state index in [9.17, 15) is 8.78 Å². The van der Waals surface area contributed by atoms with E-state index in [1.165, 1.54) is 4.88 Å². The largest absolute Gasteiger partial charge is 0.371 e. The Morgan fingerprint density at radius 3 is 2.72 bits per heavy atom. The van der Waals surface area contributed by atoms with Gasteiger partial charge in [-0.2, -0.15) is 0 Å². The molecule has 1 N–H and O–H groups in total. The lowest BCUT2D eigenvalue weighted by molar-refractivity contribution is 0.00983. The second-order valence-corrected chi connectivity index (χ2v) is 6.07. The molecule has 18 heavy (non-hydrogen) atoms. The van der Waals surface area contributed by atoms with Crippen molar-refractivity contribution < 1.29 is 13.5 Å². The van der Waals surface area contributed by atoms with Gasteiger partial charge in [0.15, 0.2) is 0 Å². The molecule has 0 unspecified atom stereocenters. The van der Waals surface area contributed by atoms with Crippen molar-refractivity contribution in [3.8, 4) is 0 Å². The van der Waals surface area contributed by atoms with Crippen molar-refractivity contribution in [1.29, 1.82) is 0 Å². The summed E-state index contributed by atoms with van der Waals surface area (Å²) in [5.74, 6) is 0.625. The minimum absolute atomic E-state index is 0.275. The Bertz CT molecular complexity index is 353. The molecule has 5 heteroatoms. The first-order chi connectivity index (χ1) is 8.49. The first-order valence-corrected chi connectivity index (χ1v) is 6.95.